The molecule has 1 aliphatic heterocycles. The lowest BCUT2D eigenvalue weighted by Gasteiger charge is -2.14. The lowest BCUT2D eigenvalue weighted by Crippen LogP contribution is -2.31. The first-order valence-electron chi connectivity index (χ1n) is 11.9. The minimum atomic E-state index is -4.21. The maximum atomic E-state index is 13.8. The van der Waals surface area contributed by atoms with Crippen LogP contribution in [0.2, 0.25) is 0 Å². The number of ether oxygens (including phenoxy) is 1. The zero-order valence-corrected chi connectivity index (χ0v) is 26.1. The number of ketones is 1. The third kappa shape index (κ3) is 5.76. The van der Waals surface area contributed by atoms with Gasteiger partial charge in [0.2, 0.25) is 15.9 Å². The zero-order chi connectivity index (χ0) is 28.6. The van der Waals surface area contributed by atoms with E-state index in [1.807, 2.05) is 13.8 Å². The number of carbonyl (C=O) groups excluding carboxylic acids is 1. The molecule has 12 heteroatoms. The molecule has 0 bridgehead atoms. The van der Waals surface area contributed by atoms with Crippen molar-refractivity contribution >= 4 is 63.6 Å². The summed E-state index contributed by atoms with van der Waals surface area (Å²) in [7, 11) is -8.41. The molecule has 0 N–H and O–H groups in total. The van der Waals surface area contributed by atoms with Gasteiger partial charge in [0.1, 0.15) is 4.83 Å². The second-order valence-corrected chi connectivity index (χ2v) is 14.6. The van der Waals surface area contributed by atoms with Crippen LogP contribution in [0.4, 0.5) is 0 Å². The van der Waals surface area contributed by atoms with E-state index in [0.29, 0.717) is 0 Å². The maximum Gasteiger partial charge on any atom is 0.285 e. The van der Waals surface area contributed by atoms with Gasteiger partial charge < -0.3 is 4.74 Å². The summed E-state index contributed by atoms with van der Waals surface area (Å²) >= 11 is 6.87. The van der Waals surface area contributed by atoms with Crippen molar-refractivity contribution in [3.63, 3.8) is 0 Å². The highest BCUT2D eigenvalue weighted by atomic mass is 79.9. The van der Waals surface area contributed by atoms with Crippen LogP contribution in [0.5, 0.6) is 0 Å². The standard InChI is InChI=1S/C27H26Br2N2O6S2/c1-4-37-26(30-38(33,34)21-14-10-18(2)11-15-21)23(28)24-27(29,25(32)20-8-6-5-7-9-20)31(24)39(35,36)22-16-12-19(3)13-17-22/h5-17,23-24H,4H2,1-3H3/b30-26+/t23-,24-,27+,31?/m1/s1. The number of carbonyl (C=O) groups is 1. The number of halogens is 2. The summed E-state index contributed by atoms with van der Waals surface area (Å²) < 4.78 is 62.7. The van der Waals surface area contributed by atoms with Crippen molar-refractivity contribution in [3.05, 3.63) is 95.6 Å². The number of hydrogen-bond acceptors (Lipinski definition) is 6. The lowest BCUT2D eigenvalue weighted by molar-refractivity contribution is 0.0971. The molecular weight excluding hydrogens is 672 g/mol. The van der Waals surface area contributed by atoms with E-state index in [2.05, 4.69) is 36.3 Å². The molecule has 0 aliphatic carbocycles. The maximum absolute atomic E-state index is 13.8. The highest BCUT2D eigenvalue weighted by Crippen LogP contribution is 2.56. The molecule has 0 saturated carbocycles. The minimum absolute atomic E-state index is 0.0119. The average Bonchev–Trinajstić information content (AvgIpc) is 3.56. The lowest BCUT2D eigenvalue weighted by atomic mass is 10.1. The Hall–Kier alpha value is -2.38. The summed E-state index contributed by atoms with van der Waals surface area (Å²) in [5.41, 5.74) is 2.02. The Morgan fingerprint density at radius 3 is 1.95 bits per heavy atom. The van der Waals surface area contributed by atoms with Crippen LogP contribution < -0.4 is 0 Å². The van der Waals surface area contributed by atoms with Crippen LogP contribution >= 0.6 is 31.9 Å². The second kappa shape index (κ2) is 11.2. The number of hydrogen-bond donors (Lipinski definition) is 0. The molecule has 206 valence electrons. The molecular formula is C27H26Br2N2O6S2. The van der Waals surface area contributed by atoms with Gasteiger partial charge in [-0.1, -0.05) is 97.6 Å². The van der Waals surface area contributed by atoms with E-state index in [0.717, 1.165) is 15.4 Å². The Labute approximate surface area is 245 Å². The monoisotopic (exact) mass is 696 g/mol. The fourth-order valence-corrected chi connectivity index (χ4v) is 9.86. The summed E-state index contributed by atoms with van der Waals surface area (Å²) in [6.07, 6.45) is 0. The number of Topliss-reactive ketones (excluding diaryl/α,β-unsaturated/α-hetero) is 1. The fourth-order valence-electron chi connectivity index (χ4n) is 4.07. The molecule has 1 saturated heterocycles. The molecule has 1 heterocycles. The van der Waals surface area contributed by atoms with Crippen LogP contribution in [0.1, 0.15) is 28.4 Å². The van der Waals surface area contributed by atoms with Gasteiger partial charge in [-0.15, -0.1) is 4.40 Å². The van der Waals surface area contributed by atoms with E-state index < -0.39 is 41.1 Å². The minimum Gasteiger partial charge on any atom is -0.480 e. The quantitative estimate of drug-likeness (QED) is 0.0756. The first kappa shape index (κ1) is 29.6. The Kier molecular flexibility index (Phi) is 8.53. The van der Waals surface area contributed by atoms with Crippen molar-refractivity contribution < 1.29 is 26.4 Å². The smallest absolute Gasteiger partial charge is 0.285 e. The molecule has 0 spiro atoms. The van der Waals surface area contributed by atoms with Crippen molar-refractivity contribution in [2.24, 2.45) is 4.40 Å². The van der Waals surface area contributed by atoms with Crippen LogP contribution in [0, 0.1) is 13.8 Å². The molecule has 1 fully saturated rings. The van der Waals surface area contributed by atoms with Gasteiger partial charge in [0.15, 0.2) is 10.2 Å². The van der Waals surface area contributed by atoms with Crippen molar-refractivity contribution in [1.82, 2.24) is 4.31 Å². The van der Waals surface area contributed by atoms with Gasteiger partial charge in [-0.2, -0.15) is 12.7 Å². The van der Waals surface area contributed by atoms with E-state index in [9.17, 15) is 21.6 Å². The number of alkyl halides is 2. The van der Waals surface area contributed by atoms with Gasteiger partial charge in [-0.25, -0.2) is 8.42 Å². The van der Waals surface area contributed by atoms with Crippen LogP contribution in [-0.2, 0) is 24.8 Å². The van der Waals surface area contributed by atoms with Gasteiger partial charge in [-0.3, -0.25) is 4.79 Å². The fraction of sp³-hybridized carbons (Fsp3) is 0.259. The average molecular weight is 698 g/mol. The van der Waals surface area contributed by atoms with Crippen molar-refractivity contribution in [3.8, 4) is 0 Å². The number of rotatable bonds is 9. The molecule has 8 nitrogen and oxygen atoms in total. The van der Waals surface area contributed by atoms with E-state index in [-0.39, 0.29) is 27.9 Å². The number of sulfonamides is 2. The molecule has 4 rings (SSSR count). The highest BCUT2D eigenvalue weighted by molar-refractivity contribution is 9.11. The van der Waals surface area contributed by atoms with Gasteiger partial charge in [0.05, 0.1) is 22.4 Å². The number of aryl methyl sites for hydroxylation is 2. The van der Waals surface area contributed by atoms with Crippen LogP contribution in [-0.4, -0.2) is 54.7 Å². The largest absolute Gasteiger partial charge is 0.480 e. The molecule has 4 atom stereocenters. The SMILES string of the molecule is CCO/C(=N/S(=O)(=O)c1ccc(C)cc1)[C@H](Br)[C@H]1N(S(=O)(=O)c2ccc(C)cc2)[C@]1(Br)C(=O)c1ccccc1. The predicted octanol–water partition coefficient (Wildman–Crippen LogP) is 5.24. The summed E-state index contributed by atoms with van der Waals surface area (Å²) in [4.78, 5) is 12.6. The molecule has 1 aliphatic rings. The number of benzene rings is 3. The molecule has 3 aromatic rings. The molecule has 39 heavy (non-hydrogen) atoms. The van der Waals surface area contributed by atoms with Crippen molar-refractivity contribution in [1.29, 1.82) is 0 Å². The zero-order valence-electron chi connectivity index (χ0n) is 21.3. The van der Waals surface area contributed by atoms with E-state index in [1.165, 1.54) is 24.3 Å². The third-order valence-electron chi connectivity index (χ3n) is 6.16. The first-order chi connectivity index (χ1) is 18.3. The second-order valence-electron chi connectivity index (χ2n) is 8.98. The normalized spacial score (nSPS) is 22.2. The van der Waals surface area contributed by atoms with E-state index in [1.54, 1.807) is 61.5 Å². The molecule has 0 amide bonds. The summed E-state index contributed by atoms with van der Waals surface area (Å²) in [6, 6.07) is 19.5. The van der Waals surface area contributed by atoms with E-state index in [4.69, 9.17) is 4.74 Å². The Morgan fingerprint density at radius 1 is 0.923 bits per heavy atom. The van der Waals surface area contributed by atoms with Gasteiger partial charge in [0.25, 0.3) is 10.0 Å². The van der Waals surface area contributed by atoms with Gasteiger partial charge in [0, 0.05) is 5.56 Å². The summed E-state index contributed by atoms with van der Waals surface area (Å²) in [6.45, 7) is 5.37. The Morgan fingerprint density at radius 2 is 1.44 bits per heavy atom. The first-order valence-corrected chi connectivity index (χ1v) is 16.5. The summed E-state index contributed by atoms with van der Waals surface area (Å²) in [5.74, 6) is -0.778. The van der Waals surface area contributed by atoms with Crippen LogP contribution in [0.3, 0.4) is 0 Å². The predicted molar refractivity (Wildman–Crippen MR) is 157 cm³/mol. The van der Waals surface area contributed by atoms with Crippen LogP contribution in [0.25, 0.3) is 0 Å². The summed E-state index contributed by atoms with van der Waals surface area (Å²) in [5, 5.41) is 0. The topological polar surface area (TPSA) is 110 Å². The molecule has 0 aromatic heterocycles. The Balaban J connectivity index is 1.81. The molecule has 3 aromatic carbocycles. The van der Waals surface area contributed by atoms with Crippen molar-refractivity contribution in [2.75, 3.05) is 6.61 Å². The van der Waals surface area contributed by atoms with Gasteiger partial charge >= 0.3 is 0 Å². The van der Waals surface area contributed by atoms with Crippen LogP contribution in [0.15, 0.2) is 93.1 Å². The third-order valence-corrected chi connectivity index (χ3v) is 11.7. The van der Waals surface area contributed by atoms with Gasteiger partial charge in [-0.05, 0) is 45.0 Å². The molecule has 1 unspecified atom stereocenters. The molecule has 0 radical (unpaired) electrons. The Bertz CT molecular complexity index is 1610. The van der Waals surface area contributed by atoms with Crippen molar-refractivity contribution in [2.45, 2.75) is 45.9 Å². The van der Waals surface area contributed by atoms with E-state index >= 15 is 0 Å². The number of nitrogens with zero attached hydrogens (tertiary/aromatic N) is 2. The highest BCUT2D eigenvalue weighted by Gasteiger charge is 2.74.